The second-order valence-corrected chi connectivity index (χ2v) is 7.87. The molecule has 1 fully saturated rings. The van der Waals surface area contributed by atoms with Crippen molar-refractivity contribution in [3.05, 3.63) is 11.6 Å². The molecule has 0 saturated heterocycles. The summed E-state index contributed by atoms with van der Waals surface area (Å²) in [5, 5.41) is 6.98. The number of nitrogens with one attached hydrogen (secondary N) is 1. The average Bonchev–Trinajstić information content (AvgIpc) is 2.87. The lowest BCUT2D eigenvalue weighted by molar-refractivity contribution is 0.550. The Morgan fingerprint density at radius 2 is 1.88 bits per heavy atom. The molecule has 1 aliphatic carbocycles. The van der Waals surface area contributed by atoms with Crippen molar-refractivity contribution in [2.45, 2.75) is 50.2 Å². The summed E-state index contributed by atoms with van der Waals surface area (Å²) in [6, 6.07) is 0. The van der Waals surface area contributed by atoms with E-state index in [1.807, 2.05) is 0 Å². The smallest absolute Gasteiger partial charge is 0.171 e. The van der Waals surface area contributed by atoms with Crippen LogP contribution in [0.15, 0.2) is 0 Å². The lowest BCUT2D eigenvalue weighted by atomic mass is 10.1. The third kappa shape index (κ3) is 2.22. The number of nitrogens with zero attached hydrogens (tertiary/aromatic N) is 2. The van der Waals surface area contributed by atoms with Crippen molar-refractivity contribution < 1.29 is 8.42 Å². The van der Waals surface area contributed by atoms with Crippen LogP contribution in [0.5, 0.6) is 0 Å². The Bertz CT molecular complexity index is 499. The highest BCUT2D eigenvalue weighted by atomic mass is 32.2. The number of sulfone groups is 1. The van der Waals surface area contributed by atoms with Crippen LogP contribution >= 0.6 is 0 Å². The molecule has 1 saturated carbocycles. The fourth-order valence-corrected chi connectivity index (χ4v) is 2.51. The van der Waals surface area contributed by atoms with Crippen LogP contribution in [-0.4, -0.2) is 29.9 Å². The summed E-state index contributed by atoms with van der Waals surface area (Å²) in [6.07, 6.45) is 5.90. The van der Waals surface area contributed by atoms with E-state index in [0.717, 1.165) is 18.7 Å². The predicted octanol–water partition coefficient (Wildman–Crippen LogP) is 1.74. The van der Waals surface area contributed by atoms with E-state index < -0.39 is 14.6 Å². The molecule has 1 heterocycles. The molecule has 0 unspecified atom stereocenters. The Balaban J connectivity index is 2.29. The largest absolute Gasteiger partial charge is 0.263 e. The third-order valence-electron chi connectivity index (χ3n) is 3.71. The van der Waals surface area contributed by atoms with Gasteiger partial charge in [-0.25, -0.2) is 13.4 Å². The summed E-state index contributed by atoms with van der Waals surface area (Å²) in [5.41, 5.74) is 0. The third-order valence-corrected chi connectivity index (χ3v) is 5.75. The second-order valence-electron chi connectivity index (χ2n) is 5.31. The van der Waals surface area contributed by atoms with Gasteiger partial charge in [-0.1, -0.05) is 12.8 Å². The number of hydrogen-bond acceptors (Lipinski definition) is 4. The number of aromatic amines is 1. The van der Waals surface area contributed by atoms with E-state index in [2.05, 4.69) is 15.2 Å². The summed E-state index contributed by atoms with van der Waals surface area (Å²) in [6.45, 7) is 3.29. The first-order valence-corrected chi connectivity index (χ1v) is 7.84. The Hall–Kier alpha value is -0.910. The van der Waals surface area contributed by atoms with E-state index in [4.69, 9.17) is 0 Å². The average molecular weight is 257 g/mol. The van der Waals surface area contributed by atoms with Crippen molar-refractivity contribution in [1.82, 2.24) is 15.2 Å². The second kappa shape index (κ2) is 4.08. The maximum absolute atomic E-state index is 11.7. The summed E-state index contributed by atoms with van der Waals surface area (Å²) in [7, 11) is -3.21. The maximum Gasteiger partial charge on any atom is 0.171 e. The van der Waals surface area contributed by atoms with Crippen molar-refractivity contribution in [3.63, 3.8) is 0 Å². The standard InChI is InChI=1S/C11H19N3O2S/c1-11(2,17(3,15)16)10-12-9(13-14-10)8-6-4-5-7-8/h8H,4-7H2,1-3H3,(H,12,13,14). The molecule has 1 N–H and O–H groups in total. The first kappa shape index (κ1) is 12.5. The normalized spacial score (nSPS) is 18.8. The van der Waals surface area contributed by atoms with Gasteiger partial charge >= 0.3 is 0 Å². The molecule has 1 aliphatic rings. The molecule has 2 rings (SSSR count). The summed E-state index contributed by atoms with van der Waals surface area (Å²) in [4.78, 5) is 4.38. The highest BCUT2D eigenvalue weighted by molar-refractivity contribution is 7.91. The van der Waals surface area contributed by atoms with E-state index >= 15 is 0 Å². The maximum atomic E-state index is 11.7. The van der Waals surface area contributed by atoms with Gasteiger partial charge in [-0.2, -0.15) is 5.10 Å². The van der Waals surface area contributed by atoms with Gasteiger partial charge in [0.25, 0.3) is 0 Å². The quantitative estimate of drug-likeness (QED) is 0.895. The molecular weight excluding hydrogens is 238 g/mol. The number of rotatable bonds is 3. The zero-order chi connectivity index (χ0) is 12.7. The zero-order valence-electron chi connectivity index (χ0n) is 10.5. The Labute approximate surface area is 102 Å². The van der Waals surface area contributed by atoms with Gasteiger partial charge in [0.15, 0.2) is 15.7 Å². The van der Waals surface area contributed by atoms with E-state index in [0.29, 0.717) is 11.7 Å². The van der Waals surface area contributed by atoms with Crippen LogP contribution in [0.1, 0.15) is 57.1 Å². The molecule has 6 heteroatoms. The van der Waals surface area contributed by atoms with Crippen molar-refractivity contribution in [3.8, 4) is 0 Å². The molecule has 0 atom stereocenters. The molecule has 1 aromatic heterocycles. The van der Waals surface area contributed by atoms with E-state index in [-0.39, 0.29) is 0 Å². The Morgan fingerprint density at radius 3 is 2.41 bits per heavy atom. The van der Waals surface area contributed by atoms with Crippen LogP contribution in [-0.2, 0) is 14.6 Å². The topological polar surface area (TPSA) is 75.7 Å². The van der Waals surface area contributed by atoms with E-state index in [9.17, 15) is 8.42 Å². The van der Waals surface area contributed by atoms with Gasteiger partial charge in [-0.05, 0) is 26.7 Å². The lowest BCUT2D eigenvalue weighted by Gasteiger charge is -2.18. The van der Waals surface area contributed by atoms with E-state index in [1.54, 1.807) is 13.8 Å². The Kier molecular flexibility index (Phi) is 3.01. The highest BCUT2D eigenvalue weighted by Gasteiger charge is 2.37. The van der Waals surface area contributed by atoms with Gasteiger partial charge < -0.3 is 0 Å². The monoisotopic (exact) mass is 257 g/mol. The molecule has 0 bridgehead atoms. The van der Waals surface area contributed by atoms with Gasteiger partial charge in [0.2, 0.25) is 0 Å². The summed E-state index contributed by atoms with van der Waals surface area (Å²) >= 11 is 0. The van der Waals surface area contributed by atoms with Crippen molar-refractivity contribution in [2.75, 3.05) is 6.26 Å². The van der Waals surface area contributed by atoms with Crippen molar-refractivity contribution >= 4 is 9.84 Å². The van der Waals surface area contributed by atoms with Crippen LogP contribution < -0.4 is 0 Å². The number of H-pyrrole nitrogens is 1. The minimum Gasteiger partial charge on any atom is -0.263 e. The summed E-state index contributed by atoms with van der Waals surface area (Å²) in [5.74, 6) is 1.64. The van der Waals surface area contributed by atoms with Crippen LogP contribution in [0.25, 0.3) is 0 Å². The zero-order valence-corrected chi connectivity index (χ0v) is 11.3. The Morgan fingerprint density at radius 1 is 1.29 bits per heavy atom. The molecule has 17 heavy (non-hydrogen) atoms. The molecule has 0 amide bonds. The number of hydrogen-bond donors (Lipinski definition) is 1. The first-order valence-electron chi connectivity index (χ1n) is 5.95. The first-order chi connectivity index (χ1) is 7.82. The van der Waals surface area contributed by atoms with Gasteiger partial charge in [0.05, 0.1) is 0 Å². The summed E-state index contributed by atoms with van der Waals surface area (Å²) < 4.78 is 22.4. The predicted molar refractivity (Wildman–Crippen MR) is 65.5 cm³/mol. The van der Waals surface area contributed by atoms with Gasteiger partial charge in [-0.3, -0.25) is 5.10 Å². The lowest BCUT2D eigenvalue weighted by Crippen LogP contribution is -2.29. The number of aromatic nitrogens is 3. The van der Waals surface area contributed by atoms with Crippen LogP contribution in [0.3, 0.4) is 0 Å². The molecule has 0 spiro atoms. The molecule has 0 aromatic carbocycles. The minimum absolute atomic E-state index is 0.377. The van der Waals surface area contributed by atoms with Crippen LogP contribution in [0, 0.1) is 0 Å². The SMILES string of the molecule is CC(C)(c1n[nH]c(C2CCCC2)n1)S(C)(=O)=O. The molecule has 96 valence electrons. The van der Waals surface area contributed by atoms with E-state index in [1.165, 1.54) is 19.1 Å². The fraction of sp³-hybridized carbons (Fsp3) is 0.818. The molecule has 0 aliphatic heterocycles. The highest BCUT2D eigenvalue weighted by Crippen LogP contribution is 2.33. The van der Waals surface area contributed by atoms with Gasteiger partial charge in [0, 0.05) is 12.2 Å². The molecule has 0 radical (unpaired) electrons. The van der Waals surface area contributed by atoms with Crippen LogP contribution in [0.4, 0.5) is 0 Å². The van der Waals surface area contributed by atoms with Gasteiger partial charge in [-0.15, -0.1) is 0 Å². The van der Waals surface area contributed by atoms with Crippen LogP contribution in [0.2, 0.25) is 0 Å². The molecular formula is C11H19N3O2S. The minimum atomic E-state index is -3.21. The molecule has 5 nitrogen and oxygen atoms in total. The van der Waals surface area contributed by atoms with Crippen molar-refractivity contribution in [2.24, 2.45) is 0 Å². The molecule has 1 aromatic rings. The fourth-order valence-electron chi connectivity index (χ4n) is 2.09. The van der Waals surface area contributed by atoms with Crippen molar-refractivity contribution in [1.29, 1.82) is 0 Å². The van der Waals surface area contributed by atoms with Gasteiger partial charge in [0.1, 0.15) is 10.6 Å².